The van der Waals surface area contributed by atoms with Crippen LogP contribution in [-0.2, 0) is 5.75 Å². The molecular formula is C20H22N4O2S. The molecule has 0 saturated heterocycles. The molecule has 1 aromatic heterocycles. The lowest BCUT2D eigenvalue weighted by Gasteiger charge is -2.07. The van der Waals surface area contributed by atoms with Crippen molar-refractivity contribution in [1.29, 1.82) is 0 Å². The van der Waals surface area contributed by atoms with Crippen LogP contribution in [0.3, 0.4) is 0 Å². The molecule has 0 aliphatic heterocycles. The molecule has 0 aliphatic rings. The van der Waals surface area contributed by atoms with Crippen LogP contribution in [0.5, 0.6) is 5.75 Å². The predicted molar refractivity (Wildman–Crippen MR) is 111 cm³/mol. The zero-order chi connectivity index (χ0) is 19.1. The second kappa shape index (κ2) is 9.23. The van der Waals surface area contributed by atoms with Gasteiger partial charge in [0.05, 0.1) is 7.11 Å². The van der Waals surface area contributed by atoms with Crippen molar-refractivity contribution in [2.75, 3.05) is 18.2 Å². The first-order chi connectivity index (χ1) is 13.2. The summed E-state index contributed by atoms with van der Waals surface area (Å²) >= 11 is 1.92. The Morgan fingerprint density at radius 1 is 1.07 bits per heavy atom. The van der Waals surface area contributed by atoms with Gasteiger partial charge in [0, 0.05) is 17.0 Å². The summed E-state index contributed by atoms with van der Waals surface area (Å²) in [5.74, 6) is 3.20. The first kappa shape index (κ1) is 19.0. The van der Waals surface area contributed by atoms with Crippen molar-refractivity contribution in [3.63, 3.8) is 0 Å². The lowest BCUT2D eigenvalue weighted by molar-refractivity contribution is 0.415. The van der Waals surface area contributed by atoms with Gasteiger partial charge >= 0.3 is 0 Å². The summed E-state index contributed by atoms with van der Waals surface area (Å²) in [4.78, 5) is 15.1. The van der Waals surface area contributed by atoms with E-state index in [0.29, 0.717) is 11.5 Å². The molecule has 0 fully saturated rings. The molecule has 2 N–H and O–H groups in total. The number of hydrogen-bond donors (Lipinski definition) is 2. The van der Waals surface area contributed by atoms with E-state index in [9.17, 15) is 4.79 Å². The summed E-state index contributed by atoms with van der Waals surface area (Å²) in [5.41, 5.74) is 2.77. The fourth-order valence-electron chi connectivity index (χ4n) is 2.49. The van der Waals surface area contributed by atoms with Gasteiger partial charge in [0.25, 0.3) is 5.56 Å². The minimum absolute atomic E-state index is 0.270. The van der Waals surface area contributed by atoms with E-state index in [1.807, 2.05) is 23.9 Å². The summed E-state index contributed by atoms with van der Waals surface area (Å²) in [6, 6.07) is 15.2. The van der Waals surface area contributed by atoms with Crippen LogP contribution in [0.15, 0.2) is 53.3 Å². The number of hydrogen-bond acceptors (Lipinski definition) is 6. The van der Waals surface area contributed by atoms with Crippen molar-refractivity contribution in [2.45, 2.75) is 19.1 Å². The molecule has 0 saturated carbocycles. The van der Waals surface area contributed by atoms with E-state index in [2.05, 4.69) is 39.6 Å². The molecule has 140 valence electrons. The van der Waals surface area contributed by atoms with Gasteiger partial charge in [0.15, 0.2) is 5.69 Å². The number of rotatable bonds is 8. The molecule has 0 amide bonds. The van der Waals surface area contributed by atoms with Crippen molar-refractivity contribution < 1.29 is 4.74 Å². The average Bonchev–Trinajstić information content (AvgIpc) is 2.70. The Morgan fingerprint density at radius 2 is 1.81 bits per heavy atom. The molecule has 0 bridgehead atoms. The molecule has 0 spiro atoms. The van der Waals surface area contributed by atoms with E-state index in [1.54, 1.807) is 31.4 Å². The fourth-order valence-corrected chi connectivity index (χ4v) is 3.35. The van der Waals surface area contributed by atoms with E-state index in [0.717, 1.165) is 22.9 Å². The monoisotopic (exact) mass is 382 g/mol. The number of anilines is 2. The molecular weight excluding hydrogens is 360 g/mol. The Kier molecular flexibility index (Phi) is 6.49. The van der Waals surface area contributed by atoms with Gasteiger partial charge in [-0.15, -0.1) is 10.2 Å². The molecule has 0 unspecified atom stereocenters. The summed E-state index contributed by atoms with van der Waals surface area (Å²) < 4.78 is 5.12. The third-order valence-corrected chi connectivity index (χ3v) is 5.13. The third-order valence-electron chi connectivity index (χ3n) is 3.89. The van der Waals surface area contributed by atoms with Gasteiger partial charge in [-0.25, -0.2) is 0 Å². The Morgan fingerprint density at radius 3 is 2.44 bits per heavy atom. The average molecular weight is 382 g/mol. The summed E-state index contributed by atoms with van der Waals surface area (Å²) in [6.45, 7) is 2.18. The van der Waals surface area contributed by atoms with Gasteiger partial charge in [-0.05, 0) is 54.1 Å². The standard InChI is InChI=1S/C20H22N4O2S/c1-3-12-27-13-14-4-8-16(9-5-14)21-20-22-19(25)18(23-24-20)15-6-10-17(26-2)11-7-15/h4-11H,3,12-13H2,1-2H3,(H2,21,22,24,25). The number of nitrogens with zero attached hydrogens (tertiary/aromatic N) is 2. The number of methoxy groups -OCH3 is 1. The Hall–Kier alpha value is -2.80. The highest BCUT2D eigenvalue weighted by Gasteiger charge is 2.08. The van der Waals surface area contributed by atoms with Crippen LogP contribution < -0.4 is 15.6 Å². The van der Waals surface area contributed by atoms with Gasteiger partial charge in [-0.1, -0.05) is 19.1 Å². The van der Waals surface area contributed by atoms with Gasteiger partial charge in [-0.3, -0.25) is 9.78 Å². The number of benzene rings is 2. The van der Waals surface area contributed by atoms with Crippen LogP contribution in [0.25, 0.3) is 11.3 Å². The summed E-state index contributed by atoms with van der Waals surface area (Å²) in [7, 11) is 1.60. The highest BCUT2D eigenvalue weighted by Crippen LogP contribution is 2.19. The largest absolute Gasteiger partial charge is 0.497 e. The predicted octanol–water partition coefficient (Wildman–Crippen LogP) is 4.23. The molecule has 3 rings (SSSR count). The zero-order valence-electron chi connectivity index (χ0n) is 15.4. The molecule has 0 radical (unpaired) electrons. The molecule has 1 heterocycles. The fraction of sp³-hybridized carbons (Fsp3) is 0.250. The lowest BCUT2D eigenvalue weighted by atomic mass is 10.1. The molecule has 27 heavy (non-hydrogen) atoms. The topological polar surface area (TPSA) is 79.9 Å². The lowest BCUT2D eigenvalue weighted by Crippen LogP contribution is -2.15. The van der Waals surface area contributed by atoms with Crippen LogP contribution in [0.2, 0.25) is 0 Å². The molecule has 0 atom stereocenters. The van der Waals surface area contributed by atoms with Crippen LogP contribution in [-0.4, -0.2) is 28.0 Å². The first-order valence-electron chi connectivity index (χ1n) is 8.74. The van der Waals surface area contributed by atoms with Gasteiger partial charge in [0.2, 0.25) is 5.95 Å². The minimum Gasteiger partial charge on any atom is -0.497 e. The zero-order valence-corrected chi connectivity index (χ0v) is 16.2. The second-order valence-electron chi connectivity index (χ2n) is 5.95. The van der Waals surface area contributed by atoms with Gasteiger partial charge in [0.1, 0.15) is 5.75 Å². The molecule has 0 aliphatic carbocycles. The number of H-pyrrole nitrogens is 1. The smallest absolute Gasteiger partial charge is 0.279 e. The third kappa shape index (κ3) is 5.10. The normalized spacial score (nSPS) is 10.6. The number of aromatic nitrogens is 3. The van der Waals surface area contributed by atoms with Gasteiger partial charge in [-0.2, -0.15) is 11.8 Å². The summed E-state index contributed by atoms with van der Waals surface area (Å²) in [5, 5.41) is 11.2. The van der Waals surface area contributed by atoms with Crippen molar-refractivity contribution in [2.24, 2.45) is 0 Å². The Balaban J connectivity index is 1.69. The number of aromatic amines is 1. The maximum Gasteiger partial charge on any atom is 0.279 e. The highest BCUT2D eigenvalue weighted by molar-refractivity contribution is 7.98. The SMILES string of the molecule is CCCSCc1ccc(Nc2nnc(-c3ccc(OC)cc3)c(=O)[nH]2)cc1. The molecule has 6 nitrogen and oxygen atoms in total. The first-order valence-corrected chi connectivity index (χ1v) is 9.90. The summed E-state index contributed by atoms with van der Waals surface area (Å²) in [6.07, 6.45) is 1.18. The maximum atomic E-state index is 12.4. The van der Waals surface area contributed by atoms with Crippen molar-refractivity contribution in [3.8, 4) is 17.0 Å². The van der Waals surface area contributed by atoms with E-state index in [1.165, 1.54) is 12.0 Å². The molecule has 7 heteroatoms. The highest BCUT2D eigenvalue weighted by atomic mass is 32.2. The van der Waals surface area contributed by atoms with Crippen LogP contribution >= 0.6 is 11.8 Å². The second-order valence-corrected chi connectivity index (χ2v) is 7.06. The number of nitrogens with one attached hydrogen (secondary N) is 2. The van der Waals surface area contributed by atoms with Crippen molar-refractivity contribution in [3.05, 3.63) is 64.4 Å². The molecule has 3 aromatic rings. The Bertz CT molecular complexity index is 924. The van der Waals surface area contributed by atoms with E-state index < -0.39 is 0 Å². The van der Waals surface area contributed by atoms with E-state index in [4.69, 9.17) is 4.74 Å². The van der Waals surface area contributed by atoms with Crippen molar-refractivity contribution in [1.82, 2.24) is 15.2 Å². The van der Waals surface area contributed by atoms with Crippen LogP contribution in [0.1, 0.15) is 18.9 Å². The molecule has 2 aromatic carbocycles. The number of ether oxygens (including phenoxy) is 1. The van der Waals surface area contributed by atoms with Crippen LogP contribution in [0, 0.1) is 0 Å². The van der Waals surface area contributed by atoms with Crippen molar-refractivity contribution >= 4 is 23.4 Å². The van der Waals surface area contributed by atoms with Crippen LogP contribution in [0.4, 0.5) is 11.6 Å². The van der Waals surface area contributed by atoms with Gasteiger partial charge < -0.3 is 10.1 Å². The maximum absolute atomic E-state index is 12.4. The van der Waals surface area contributed by atoms with E-state index in [-0.39, 0.29) is 11.3 Å². The Labute approximate surface area is 162 Å². The quantitative estimate of drug-likeness (QED) is 0.568. The minimum atomic E-state index is -0.301. The van der Waals surface area contributed by atoms with E-state index >= 15 is 0 Å². The number of thioether (sulfide) groups is 1.